The zero-order valence-corrected chi connectivity index (χ0v) is 23.2. The second-order valence-electron chi connectivity index (χ2n) is 9.16. The predicted molar refractivity (Wildman–Crippen MR) is 158 cm³/mol. The van der Waals surface area contributed by atoms with E-state index >= 15 is 0 Å². The Hall–Kier alpha value is -3.76. The molecule has 4 rings (SSSR count). The summed E-state index contributed by atoms with van der Waals surface area (Å²) in [5, 5.41) is 19.0. The van der Waals surface area contributed by atoms with Crippen LogP contribution in [0, 0.1) is 0 Å². The minimum absolute atomic E-state index is 0.144. The molecule has 4 N–H and O–H groups in total. The molecule has 0 aromatic carbocycles. The van der Waals surface area contributed by atoms with E-state index < -0.39 is 5.60 Å². The van der Waals surface area contributed by atoms with Crippen LogP contribution in [0.2, 0.25) is 0 Å². The molecule has 1 fully saturated rings. The van der Waals surface area contributed by atoms with Crippen LogP contribution in [-0.4, -0.2) is 74.8 Å². The van der Waals surface area contributed by atoms with Gasteiger partial charge in [0.15, 0.2) is 5.65 Å². The molecule has 1 aliphatic heterocycles. The summed E-state index contributed by atoms with van der Waals surface area (Å²) in [6, 6.07) is 0. The third-order valence-corrected chi connectivity index (χ3v) is 5.49. The number of rotatable bonds is 6. The van der Waals surface area contributed by atoms with E-state index in [9.17, 15) is 4.79 Å². The Balaban J connectivity index is 0.000000391. The summed E-state index contributed by atoms with van der Waals surface area (Å²) in [6.07, 6.45) is 17.9. The molecule has 0 saturated carbocycles. The van der Waals surface area contributed by atoms with Crippen molar-refractivity contribution in [3.63, 3.8) is 0 Å². The van der Waals surface area contributed by atoms with E-state index in [-0.39, 0.29) is 5.56 Å². The molecule has 38 heavy (non-hydrogen) atoms. The maximum Gasteiger partial charge on any atom is 0.277 e. The zero-order chi connectivity index (χ0) is 28.0. The van der Waals surface area contributed by atoms with Crippen LogP contribution in [0.3, 0.4) is 0 Å². The summed E-state index contributed by atoms with van der Waals surface area (Å²) in [4.78, 5) is 26.9. The van der Waals surface area contributed by atoms with Gasteiger partial charge in [-0.3, -0.25) is 9.89 Å². The third kappa shape index (κ3) is 9.95. The van der Waals surface area contributed by atoms with E-state index in [0.717, 1.165) is 38.3 Å². The van der Waals surface area contributed by atoms with Crippen molar-refractivity contribution in [1.82, 2.24) is 30.0 Å². The number of piperazine rings is 1. The Kier molecular flexibility index (Phi) is 12.4. The van der Waals surface area contributed by atoms with Crippen LogP contribution in [-0.2, 0) is 6.54 Å². The van der Waals surface area contributed by atoms with Gasteiger partial charge in [0.25, 0.3) is 5.56 Å². The number of aromatic amines is 1. The number of aromatic nitrogens is 4. The van der Waals surface area contributed by atoms with Gasteiger partial charge in [-0.15, -0.1) is 6.58 Å². The minimum atomic E-state index is -0.630. The van der Waals surface area contributed by atoms with Gasteiger partial charge in [0.05, 0.1) is 12.1 Å². The maximum absolute atomic E-state index is 12.2. The highest BCUT2D eigenvalue weighted by molar-refractivity contribution is 5.74. The zero-order valence-electron chi connectivity index (χ0n) is 23.2. The number of anilines is 1. The van der Waals surface area contributed by atoms with Gasteiger partial charge < -0.3 is 25.6 Å². The molecule has 0 amide bonds. The number of hydrogen-bond donors (Lipinski definition) is 4. The van der Waals surface area contributed by atoms with Gasteiger partial charge in [-0.25, -0.2) is 9.67 Å². The summed E-state index contributed by atoms with van der Waals surface area (Å²) < 4.78 is 1.46. The van der Waals surface area contributed by atoms with Crippen molar-refractivity contribution < 1.29 is 5.11 Å². The third-order valence-electron chi connectivity index (χ3n) is 5.49. The Morgan fingerprint density at radius 3 is 2.53 bits per heavy atom. The van der Waals surface area contributed by atoms with Crippen molar-refractivity contribution in [3.05, 3.63) is 77.1 Å². The van der Waals surface area contributed by atoms with Crippen LogP contribution in [0.5, 0.6) is 0 Å². The summed E-state index contributed by atoms with van der Waals surface area (Å²) in [6.45, 7) is 15.4. The molecule has 0 atom stereocenters. The average molecular weight is 523 g/mol. The van der Waals surface area contributed by atoms with Crippen molar-refractivity contribution in [2.75, 3.05) is 38.5 Å². The number of hydrogen-bond acceptors (Lipinski definition) is 8. The van der Waals surface area contributed by atoms with Crippen LogP contribution >= 0.6 is 0 Å². The van der Waals surface area contributed by atoms with Gasteiger partial charge in [-0.05, 0) is 52.5 Å². The number of fused-ring (bicyclic) bond motifs is 1. The molecule has 2 aromatic heterocycles. The fourth-order valence-corrected chi connectivity index (χ4v) is 3.67. The molecule has 1 aliphatic carbocycles. The smallest absolute Gasteiger partial charge is 0.277 e. The van der Waals surface area contributed by atoms with Crippen molar-refractivity contribution in [2.24, 2.45) is 4.99 Å². The SMILES string of the molecule is C/C=C/C(C)(C)O.C=CCn1[nH]c2nc(NC3=CCC=C(N4CCNCC4)C=C3)ncc2c1=O.CC=NC. The molecule has 1 saturated heterocycles. The van der Waals surface area contributed by atoms with E-state index in [1.807, 2.05) is 26.0 Å². The van der Waals surface area contributed by atoms with E-state index in [1.54, 1.807) is 45.5 Å². The molecule has 10 nitrogen and oxygen atoms in total. The number of H-pyrrole nitrogens is 1. The minimum Gasteiger partial charge on any atom is -0.386 e. The van der Waals surface area contributed by atoms with E-state index in [1.165, 1.54) is 10.4 Å². The standard InChI is InChI=1S/C19H23N7O.C6H12O.C3H7N/c1-2-10-26-18(27)16-13-21-19(23-17(16)24-26)22-14-4-3-5-15(7-6-14)25-11-8-20-9-12-25;1-4-5-6(2,3)7;1-3-4-2/h2,4-7,13,20H,1,3,8-12H2,(H2,21,22,23,24);4-5,7H,1-3H3;3H,1-2H3/b;5-4+;. The lowest BCUT2D eigenvalue weighted by molar-refractivity contribution is 0.133. The highest BCUT2D eigenvalue weighted by atomic mass is 16.3. The summed E-state index contributed by atoms with van der Waals surface area (Å²) in [5.41, 5.74) is 1.91. The summed E-state index contributed by atoms with van der Waals surface area (Å²) in [7, 11) is 1.75. The Morgan fingerprint density at radius 2 is 1.95 bits per heavy atom. The lowest BCUT2D eigenvalue weighted by atomic mass is 10.1. The van der Waals surface area contributed by atoms with Crippen molar-refractivity contribution >= 4 is 23.2 Å². The van der Waals surface area contributed by atoms with Gasteiger partial charge in [-0.1, -0.05) is 30.4 Å². The highest BCUT2D eigenvalue weighted by Gasteiger charge is 2.13. The van der Waals surface area contributed by atoms with Gasteiger partial charge in [0.1, 0.15) is 5.39 Å². The van der Waals surface area contributed by atoms with Crippen LogP contribution < -0.4 is 16.2 Å². The maximum atomic E-state index is 12.2. The number of aliphatic imine (C=N–C) groups is 1. The summed E-state index contributed by atoms with van der Waals surface area (Å²) in [5.74, 6) is 0.455. The second-order valence-corrected chi connectivity index (χ2v) is 9.16. The van der Waals surface area contributed by atoms with Gasteiger partial charge in [-0.2, -0.15) is 4.98 Å². The lowest BCUT2D eigenvalue weighted by Crippen LogP contribution is -2.42. The number of aliphatic hydroxyl groups is 1. The Morgan fingerprint density at radius 1 is 1.24 bits per heavy atom. The molecule has 10 heteroatoms. The molecule has 206 valence electrons. The first-order valence-electron chi connectivity index (χ1n) is 12.8. The van der Waals surface area contributed by atoms with Gasteiger partial charge in [0, 0.05) is 50.8 Å². The van der Waals surface area contributed by atoms with Crippen LogP contribution in [0.1, 0.15) is 34.1 Å². The second kappa shape index (κ2) is 15.5. The molecule has 0 radical (unpaired) electrons. The fraction of sp³-hybridized carbons (Fsp3) is 0.429. The first-order valence-corrected chi connectivity index (χ1v) is 12.8. The highest BCUT2D eigenvalue weighted by Crippen LogP contribution is 2.16. The summed E-state index contributed by atoms with van der Waals surface area (Å²) >= 11 is 0. The molecule has 0 bridgehead atoms. The topological polar surface area (TPSA) is 123 Å². The average Bonchev–Trinajstić information content (AvgIpc) is 3.04. The molecule has 0 unspecified atom stereocenters. The van der Waals surface area contributed by atoms with E-state index in [4.69, 9.17) is 5.11 Å². The largest absolute Gasteiger partial charge is 0.386 e. The molecule has 2 aliphatic rings. The van der Waals surface area contributed by atoms with Crippen molar-refractivity contribution in [3.8, 4) is 0 Å². The van der Waals surface area contributed by atoms with Gasteiger partial charge >= 0.3 is 0 Å². The molecule has 3 heterocycles. The monoisotopic (exact) mass is 522 g/mol. The Labute approximate surface area is 225 Å². The molecular formula is C28H42N8O2. The first-order chi connectivity index (χ1) is 18.2. The number of nitrogens with zero attached hydrogens (tertiary/aromatic N) is 5. The quantitative estimate of drug-likeness (QED) is 0.339. The fourth-order valence-electron chi connectivity index (χ4n) is 3.67. The molecule has 2 aromatic rings. The van der Waals surface area contributed by atoms with Crippen molar-refractivity contribution in [2.45, 2.75) is 46.3 Å². The molecule has 0 spiro atoms. The van der Waals surface area contributed by atoms with E-state index in [2.05, 4.69) is 60.4 Å². The van der Waals surface area contributed by atoms with Gasteiger partial charge in [0.2, 0.25) is 5.95 Å². The van der Waals surface area contributed by atoms with Crippen LogP contribution in [0.15, 0.2) is 76.5 Å². The number of allylic oxidation sites excluding steroid dienone is 6. The number of nitrogens with one attached hydrogen (secondary N) is 3. The van der Waals surface area contributed by atoms with Crippen LogP contribution in [0.4, 0.5) is 5.95 Å². The van der Waals surface area contributed by atoms with Crippen LogP contribution in [0.25, 0.3) is 11.0 Å². The normalized spacial score (nSPS) is 15.8. The van der Waals surface area contributed by atoms with E-state index in [0.29, 0.717) is 23.5 Å². The van der Waals surface area contributed by atoms with Crippen molar-refractivity contribution in [1.29, 1.82) is 0 Å². The Bertz CT molecular complexity index is 1230. The molecular weight excluding hydrogens is 480 g/mol. The predicted octanol–water partition coefficient (Wildman–Crippen LogP) is 3.39. The first kappa shape index (κ1) is 30.5. The lowest BCUT2D eigenvalue weighted by Gasteiger charge is -2.30.